The van der Waals surface area contributed by atoms with Gasteiger partial charge in [0.2, 0.25) is 11.9 Å². The quantitative estimate of drug-likeness (QED) is 0.424. The van der Waals surface area contributed by atoms with Crippen LogP contribution in [0.1, 0.15) is 42.9 Å². The molecule has 1 spiro atoms. The van der Waals surface area contributed by atoms with E-state index in [-0.39, 0.29) is 11.3 Å². The van der Waals surface area contributed by atoms with Crippen molar-refractivity contribution in [3.05, 3.63) is 89.5 Å². The van der Waals surface area contributed by atoms with E-state index in [1.54, 1.807) is 19.1 Å². The van der Waals surface area contributed by atoms with Crippen LogP contribution in [0.3, 0.4) is 0 Å². The van der Waals surface area contributed by atoms with E-state index >= 15 is 0 Å². The molecule has 2 heterocycles. The Hall–Kier alpha value is -4.15. The predicted molar refractivity (Wildman–Crippen MR) is 156 cm³/mol. The van der Waals surface area contributed by atoms with E-state index in [1.807, 2.05) is 43.4 Å². The van der Waals surface area contributed by atoms with Gasteiger partial charge in [-0.3, -0.25) is 14.7 Å². The number of amides is 1. The van der Waals surface area contributed by atoms with Crippen LogP contribution in [0.4, 0.5) is 0 Å². The number of hydrogen-bond acceptors (Lipinski definition) is 5. The summed E-state index contributed by atoms with van der Waals surface area (Å²) in [7, 11) is 5.25. The summed E-state index contributed by atoms with van der Waals surface area (Å²) in [5.74, 6) is 1.50. The van der Waals surface area contributed by atoms with Gasteiger partial charge in [0.25, 0.3) is 0 Å². The van der Waals surface area contributed by atoms with Crippen LogP contribution in [0.25, 0.3) is 11.1 Å². The van der Waals surface area contributed by atoms with E-state index in [1.165, 1.54) is 0 Å². The molecule has 0 bridgehead atoms. The molecule has 5 rings (SSSR count). The van der Waals surface area contributed by atoms with Gasteiger partial charge in [-0.1, -0.05) is 42.5 Å². The number of guanidine groups is 1. The minimum Gasteiger partial charge on any atom is -0.497 e. The zero-order valence-corrected chi connectivity index (χ0v) is 23.7. The Morgan fingerprint density at radius 1 is 1.02 bits per heavy atom. The maximum absolute atomic E-state index is 13.7. The second-order valence-electron chi connectivity index (χ2n) is 10.8. The van der Waals surface area contributed by atoms with Crippen molar-refractivity contribution in [2.75, 3.05) is 34.4 Å². The Morgan fingerprint density at radius 2 is 1.70 bits per heavy atom. The number of carbonyl (C=O) groups excluding carboxylic acids is 1. The van der Waals surface area contributed by atoms with Crippen molar-refractivity contribution >= 4 is 11.9 Å². The van der Waals surface area contributed by atoms with Gasteiger partial charge in [-0.05, 0) is 72.4 Å². The number of ether oxygens (including phenoxy) is 2. The van der Waals surface area contributed by atoms with Gasteiger partial charge in [0.1, 0.15) is 5.75 Å². The van der Waals surface area contributed by atoms with Crippen LogP contribution in [0.15, 0.2) is 77.8 Å². The molecule has 3 aromatic rings. The van der Waals surface area contributed by atoms with Gasteiger partial charge in [0, 0.05) is 45.7 Å². The molecule has 0 saturated carbocycles. The number of nitriles is 1. The van der Waals surface area contributed by atoms with Gasteiger partial charge >= 0.3 is 0 Å². The molecular formula is C33H36N4O3. The number of nitrogens with zero attached hydrogens (tertiary/aromatic N) is 4. The molecule has 3 aromatic carbocycles. The van der Waals surface area contributed by atoms with Gasteiger partial charge in [-0.2, -0.15) is 5.26 Å². The van der Waals surface area contributed by atoms with E-state index in [2.05, 4.69) is 54.3 Å². The topological polar surface area (TPSA) is 78.2 Å². The first-order valence-corrected chi connectivity index (χ1v) is 13.7. The third kappa shape index (κ3) is 4.73. The lowest BCUT2D eigenvalue weighted by Gasteiger charge is -2.55. The SMILES string of the molecule is CN=C1N(C)C(=O)CC2(CCOCC2)C(C)(c2cccc(-c3cccc(C#N)c3)c2)N1Cc1ccc(OC)cc1. The molecule has 0 N–H and O–H groups in total. The molecule has 40 heavy (non-hydrogen) atoms. The molecule has 7 heteroatoms. The monoisotopic (exact) mass is 536 g/mol. The van der Waals surface area contributed by atoms with Crippen LogP contribution in [-0.4, -0.2) is 56.1 Å². The normalized spacial score (nSPS) is 21.8. The lowest BCUT2D eigenvalue weighted by atomic mass is 9.60. The third-order valence-electron chi connectivity index (χ3n) is 8.88. The zero-order valence-electron chi connectivity index (χ0n) is 23.7. The van der Waals surface area contributed by atoms with E-state index < -0.39 is 5.54 Å². The summed E-state index contributed by atoms with van der Waals surface area (Å²) in [6.07, 6.45) is 1.91. The highest BCUT2D eigenvalue weighted by molar-refractivity contribution is 5.98. The minimum absolute atomic E-state index is 0.0591. The van der Waals surface area contributed by atoms with Crippen molar-refractivity contribution in [1.82, 2.24) is 9.80 Å². The standard InChI is InChI=1S/C33H36N4O3/c1-32(28-10-6-9-27(20-28)26-8-5-7-25(19-26)22-34)33(15-17-40-18-16-33)21-30(38)36(3)31(35-2)37(32)23-24-11-13-29(39-4)14-12-24/h5-14,19-20H,15-18,21,23H2,1-4H3. The summed E-state index contributed by atoms with van der Waals surface area (Å²) in [6.45, 7) is 4.03. The zero-order chi connectivity index (χ0) is 28.3. The number of rotatable bonds is 5. The molecule has 0 aliphatic carbocycles. The van der Waals surface area contributed by atoms with Gasteiger partial charge in [-0.25, -0.2) is 0 Å². The summed E-state index contributed by atoms with van der Waals surface area (Å²) in [4.78, 5) is 22.5. The number of benzene rings is 3. The fraction of sp³-hybridized carbons (Fsp3) is 0.364. The molecule has 2 saturated heterocycles. The molecule has 0 radical (unpaired) electrons. The summed E-state index contributed by atoms with van der Waals surface area (Å²) >= 11 is 0. The summed E-state index contributed by atoms with van der Waals surface area (Å²) in [5, 5.41) is 9.49. The molecule has 206 valence electrons. The predicted octanol–water partition coefficient (Wildman–Crippen LogP) is 5.60. The first-order chi connectivity index (χ1) is 19.3. The molecule has 2 fully saturated rings. The molecular weight excluding hydrogens is 500 g/mol. The van der Waals surface area contributed by atoms with Crippen molar-refractivity contribution in [3.63, 3.8) is 0 Å². The Kier molecular flexibility index (Phi) is 7.64. The fourth-order valence-corrected chi connectivity index (χ4v) is 6.43. The van der Waals surface area contributed by atoms with Crippen molar-refractivity contribution in [2.24, 2.45) is 10.4 Å². The maximum Gasteiger partial charge on any atom is 0.229 e. The largest absolute Gasteiger partial charge is 0.497 e. The van der Waals surface area contributed by atoms with Gasteiger partial charge in [0.15, 0.2) is 0 Å². The van der Waals surface area contributed by atoms with Crippen LogP contribution in [0.5, 0.6) is 5.75 Å². The second-order valence-corrected chi connectivity index (χ2v) is 10.8. The number of hydrogen-bond donors (Lipinski definition) is 0. The van der Waals surface area contributed by atoms with E-state index in [9.17, 15) is 10.1 Å². The molecule has 2 aliphatic rings. The Morgan fingerprint density at radius 3 is 2.35 bits per heavy atom. The molecule has 7 nitrogen and oxygen atoms in total. The Bertz CT molecular complexity index is 1450. The molecule has 2 aliphatic heterocycles. The van der Waals surface area contributed by atoms with Crippen LogP contribution >= 0.6 is 0 Å². The summed E-state index contributed by atoms with van der Waals surface area (Å²) in [6, 6.07) is 26.6. The Balaban J connectivity index is 1.73. The molecule has 1 amide bonds. The number of aliphatic imine (C=N–C) groups is 1. The van der Waals surface area contributed by atoms with Crippen molar-refractivity contribution in [1.29, 1.82) is 5.26 Å². The van der Waals surface area contributed by atoms with E-state index in [4.69, 9.17) is 14.5 Å². The van der Waals surface area contributed by atoms with E-state index in [0.717, 1.165) is 40.8 Å². The van der Waals surface area contributed by atoms with Gasteiger partial charge in [0.05, 0.1) is 24.3 Å². The van der Waals surface area contributed by atoms with Crippen molar-refractivity contribution in [3.8, 4) is 22.9 Å². The van der Waals surface area contributed by atoms with Crippen molar-refractivity contribution < 1.29 is 14.3 Å². The highest BCUT2D eigenvalue weighted by Gasteiger charge is 2.57. The maximum atomic E-state index is 13.7. The first kappa shape index (κ1) is 27.4. The summed E-state index contributed by atoms with van der Waals surface area (Å²) in [5.41, 5.74) is 3.85. The Labute approximate surface area is 236 Å². The lowest BCUT2D eigenvalue weighted by Crippen LogP contribution is -2.59. The molecule has 1 unspecified atom stereocenters. The first-order valence-electron chi connectivity index (χ1n) is 13.7. The van der Waals surface area contributed by atoms with Crippen LogP contribution in [0.2, 0.25) is 0 Å². The minimum atomic E-state index is -0.602. The number of methoxy groups -OCH3 is 1. The molecule has 1 atom stereocenters. The lowest BCUT2D eigenvalue weighted by molar-refractivity contribution is -0.133. The highest BCUT2D eigenvalue weighted by atomic mass is 16.5. The summed E-state index contributed by atoms with van der Waals surface area (Å²) < 4.78 is 11.3. The molecule has 0 aromatic heterocycles. The smallest absolute Gasteiger partial charge is 0.229 e. The van der Waals surface area contributed by atoms with Gasteiger partial charge in [-0.15, -0.1) is 0 Å². The van der Waals surface area contributed by atoms with Crippen LogP contribution < -0.4 is 4.74 Å². The van der Waals surface area contributed by atoms with Crippen LogP contribution in [0, 0.1) is 16.7 Å². The van der Waals surface area contributed by atoms with E-state index in [0.29, 0.717) is 37.7 Å². The third-order valence-corrected chi connectivity index (χ3v) is 8.88. The average molecular weight is 537 g/mol. The second kappa shape index (κ2) is 11.1. The van der Waals surface area contributed by atoms with Crippen molar-refractivity contribution in [2.45, 2.75) is 38.3 Å². The average Bonchev–Trinajstić information content (AvgIpc) is 3.06. The number of carbonyl (C=O) groups is 1. The van der Waals surface area contributed by atoms with Crippen LogP contribution in [-0.2, 0) is 21.6 Å². The fourth-order valence-electron chi connectivity index (χ4n) is 6.43. The van der Waals surface area contributed by atoms with Gasteiger partial charge < -0.3 is 14.4 Å². The highest BCUT2D eigenvalue weighted by Crippen LogP contribution is 2.55.